The van der Waals surface area contributed by atoms with Crippen LogP contribution in [0, 0.1) is 5.92 Å². The van der Waals surface area contributed by atoms with Crippen molar-refractivity contribution in [3.63, 3.8) is 0 Å². The number of nitrogens with one attached hydrogen (secondary N) is 1. The zero-order valence-electron chi connectivity index (χ0n) is 13.3. The van der Waals surface area contributed by atoms with Crippen LogP contribution in [-0.2, 0) is 25.5 Å². The van der Waals surface area contributed by atoms with E-state index in [-0.39, 0.29) is 43.1 Å². The lowest BCUT2D eigenvalue weighted by Crippen LogP contribution is -2.34. The Balaban J connectivity index is 1.75. The molecule has 1 saturated heterocycles. The molecule has 1 aromatic rings. The lowest BCUT2D eigenvalue weighted by Gasteiger charge is -2.16. The Hall–Kier alpha value is -2.37. The van der Waals surface area contributed by atoms with Crippen molar-refractivity contribution in [2.45, 2.75) is 19.3 Å². The van der Waals surface area contributed by atoms with Gasteiger partial charge in [-0.2, -0.15) is 0 Å². The van der Waals surface area contributed by atoms with Crippen molar-refractivity contribution in [2.24, 2.45) is 5.92 Å². The van der Waals surface area contributed by atoms with Gasteiger partial charge in [0.2, 0.25) is 11.8 Å². The highest BCUT2D eigenvalue weighted by Crippen LogP contribution is 2.18. The predicted octanol–water partition coefficient (Wildman–Crippen LogP) is 0.757. The normalized spacial score (nSPS) is 17.2. The number of esters is 1. The fourth-order valence-corrected chi connectivity index (χ4v) is 2.61. The van der Waals surface area contributed by atoms with Gasteiger partial charge in [-0.25, -0.2) is 0 Å². The number of ether oxygens (including phenoxy) is 1. The molecule has 1 aliphatic heterocycles. The lowest BCUT2D eigenvalue weighted by atomic mass is 10.1. The first-order valence-electron chi connectivity index (χ1n) is 7.76. The molecule has 1 unspecified atom stereocenters. The molecule has 1 heterocycles. The van der Waals surface area contributed by atoms with Gasteiger partial charge in [0.15, 0.2) is 0 Å². The molecule has 2 rings (SSSR count). The van der Waals surface area contributed by atoms with Crippen LogP contribution in [0.2, 0.25) is 0 Å². The molecule has 23 heavy (non-hydrogen) atoms. The van der Waals surface area contributed by atoms with Crippen molar-refractivity contribution < 1.29 is 19.1 Å². The molecule has 0 spiro atoms. The Kier molecular flexibility index (Phi) is 6.14. The fourth-order valence-electron chi connectivity index (χ4n) is 2.61. The summed E-state index contributed by atoms with van der Waals surface area (Å²) in [6.45, 7) is 1.30. The number of hydrogen-bond acceptors (Lipinski definition) is 4. The zero-order chi connectivity index (χ0) is 16.7. The molecule has 0 bridgehead atoms. The van der Waals surface area contributed by atoms with Crippen LogP contribution >= 0.6 is 0 Å². The van der Waals surface area contributed by atoms with E-state index in [0.717, 1.165) is 6.42 Å². The quantitative estimate of drug-likeness (QED) is 0.753. The smallest absolute Gasteiger partial charge is 0.307 e. The van der Waals surface area contributed by atoms with Gasteiger partial charge >= 0.3 is 5.97 Å². The lowest BCUT2D eigenvalue weighted by molar-refractivity contribution is -0.140. The highest BCUT2D eigenvalue weighted by atomic mass is 16.5. The number of carbonyl (C=O) groups is 3. The van der Waals surface area contributed by atoms with Gasteiger partial charge in [-0.05, 0) is 12.0 Å². The fraction of sp³-hybridized carbons (Fsp3) is 0.471. The minimum Gasteiger partial charge on any atom is -0.469 e. The van der Waals surface area contributed by atoms with Gasteiger partial charge in [0.25, 0.3) is 0 Å². The van der Waals surface area contributed by atoms with E-state index in [2.05, 4.69) is 10.1 Å². The van der Waals surface area contributed by atoms with Crippen molar-refractivity contribution in [1.29, 1.82) is 0 Å². The first kappa shape index (κ1) is 17.0. The van der Waals surface area contributed by atoms with Gasteiger partial charge in [-0.1, -0.05) is 30.3 Å². The number of nitrogens with zero attached hydrogens (tertiary/aromatic N) is 1. The number of likely N-dealkylation sites (tertiary alicyclic amines) is 1. The van der Waals surface area contributed by atoms with Crippen molar-refractivity contribution in [3.8, 4) is 0 Å². The Labute approximate surface area is 135 Å². The van der Waals surface area contributed by atoms with Crippen molar-refractivity contribution in [1.82, 2.24) is 10.2 Å². The third-order valence-electron chi connectivity index (χ3n) is 3.95. The minimum absolute atomic E-state index is 0.00838. The summed E-state index contributed by atoms with van der Waals surface area (Å²) in [4.78, 5) is 36.8. The largest absolute Gasteiger partial charge is 0.469 e. The number of amides is 2. The van der Waals surface area contributed by atoms with Crippen molar-refractivity contribution in [3.05, 3.63) is 35.9 Å². The second kappa shape index (κ2) is 8.31. The van der Waals surface area contributed by atoms with Crippen LogP contribution in [0.15, 0.2) is 30.3 Å². The van der Waals surface area contributed by atoms with E-state index in [4.69, 9.17) is 0 Å². The van der Waals surface area contributed by atoms with E-state index in [1.165, 1.54) is 12.7 Å². The third-order valence-corrected chi connectivity index (χ3v) is 3.95. The van der Waals surface area contributed by atoms with Crippen LogP contribution in [-0.4, -0.2) is 49.4 Å². The molecule has 0 saturated carbocycles. The molecule has 0 aromatic heterocycles. The summed E-state index contributed by atoms with van der Waals surface area (Å²) in [7, 11) is 1.31. The minimum atomic E-state index is -0.364. The van der Waals surface area contributed by atoms with Gasteiger partial charge in [-0.15, -0.1) is 0 Å². The monoisotopic (exact) mass is 318 g/mol. The first-order valence-corrected chi connectivity index (χ1v) is 7.76. The van der Waals surface area contributed by atoms with Gasteiger partial charge in [0.1, 0.15) is 0 Å². The van der Waals surface area contributed by atoms with Crippen molar-refractivity contribution >= 4 is 17.8 Å². The molecular formula is C17H22N2O4. The second-order valence-corrected chi connectivity index (χ2v) is 5.59. The molecule has 1 N–H and O–H groups in total. The summed E-state index contributed by atoms with van der Waals surface area (Å²) in [6.07, 6.45) is 1.16. The summed E-state index contributed by atoms with van der Waals surface area (Å²) in [5.41, 5.74) is 1.17. The zero-order valence-corrected chi connectivity index (χ0v) is 13.3. The van der Waals surface area contributed by atoms with E-state index in [1.54, 1.807) is 4.90 Å². The van der Waals surface area contributed by atoms with Gasteiger partial charge < -0.3 is 15.0 Å². The van der Waals surface area contributed by atoms with E-state index >= 15 is 0 Å². The number of methoxy groups -OCH3 is 1. The van der Waals surface area contributed by atoms with Crippen molar-refractivity contribution in [2.75, 3.05) is 26.7 Å². The summed E-state index contributed by atoms with van der Waals surface area (Å²) in [5, 5.41) is 2.69. The first-order chi connectivity index (χ1) is 11.1. The molecule has 6 heteroatoms. The highest BCUT2D eigenvalue weighted by Gasteiger charge is 2.33. The third kappa shape index (κ3) is 5.09. The van der Waals surface area contributed by atoms with E-state index in [0.29, 0.717) is 13.1 Å². The second-order valence-electron chi connectivity index (χ2n) is 5.59. The van der Waals surface area contributed by atoms with Crippen LogP contribution in [0.25, 0.3) is 0 Å². The number of rotatable bonds is 7. The average molecular weight is 318 g/mol. The SMILES string of the molecule is COC(=O)CCNC(=O)C1CC(=O)N(CCc2ccccc2)C1. The summed E-state index contributed by atoms with van der Waals surface area (Å²) in [6, 6.07) is 9.95. The molecule has 124 valence electrons. The van der Waals surface area contributed by atoms with E-state index < -0.39 is 0 Å². The van der Waals surface area contributed by atoms with E-state index in [1.807, 2.05) is 30.3 Å². The molecule has 0 radical (unpaired) electrons. The van der Waals surface area contributed by atoms with Crippen LogP contribution in [0.3, 0.4) is 0 Å². The maximum absolute atomic E-state index is 12.0. The van der Waals surface area contributed by atoms with Gasteiger partial charge in [0.05, 0.1) is 19.4 Å². The van der Waals surface area contributed by atoms with Crippen LogP contribution in [0.5, 0.6) is 0 Å². The summed E-state index contributed by atoms with van der Waals surface area (Å²) in [5.74, 6) is -0.869. The van der Waals surface area contributed by atoms with Gasteiger partial charge in [-0.3, -0.25) is 14.4 Å². The molecule has 1 atom stereocenters. The van der Waals surface area contributed by atoms with Crippen LogP contribution in [0.1, 0.15) is 18.4 Å². The Bertz CT molecular complexity index is 559. The molecule has 0 aliphatic carbocycles. The Morgan fingerprint density at radius 2 is 2.04 bits per heavy atom. The van der Waals surface area contributed by atoms with E-state index in [9.17, 15) is 14.4 Å². The summed E-state index contributed by atoms with van der Waals surface area (Å²) < 4.78 is 4.51. The Morgan fingerprint density at radius 1 is 1.30 bits per heavy atom. The maximum atomic E-state index is 12.0. The van der Waals surface area contributed by atoms with Crippen LogP contribution < -0.4 is 5.32 Å². The number of hydrogen-bond donors (Lipinski definition) is 1. The highest BCUT2D eigenvalue weighted by molar-refractivity contribution is 5.89. The topological polar surface area (TPSA) is 75.7 Å². The number of benzene rings is 1. The standard InChI is InChI=1S/C17H22N2O4/c1-23-16(21)7-9-18-17(22)14-11-15(20)19(12-14)10-8-13-5-3-2-4-6-13/h2-6,14H,7-12H2,1H3,(H,18,22). The maximum Gasteiger partial charge on any atom is 0.307 e. The predicted molar refractivity (Wildman–Crippen MR) is 84.5 cm³/mol. The number of carbonyl (C=O) groups excluding carboxylic acids is 3. The average Bonchev–Trinajstić information content (AvgIpc) is 2.94. The van der Waals surface area contributed by atoms with Crippen LogP contribution in [0.4, 0.5) is 0 Å². The molecule has 2 amide bonds. The molecular weight excluding hydrogens is 296 g/mol. The summed E-state index contributed by atoms with van der Waals surface area (Å²) >= 11 is 0. The van der Waals surface area contributed by atoms with Gasteiger partial charge in [0, 0.05) is 26.1 Å². The Morgan fingerprint density at radius 3 is 2.74 bits per heavy atom. The molecule has 1 fully saturated rings. The molecule has 6 nitrogen and oxygen atoms in total. The molecule has 1 aromatic carbocycles. The molecule has 1 aliphatic rings.